The monoisotopic (exact) mass is 273 g/mol. The number of hydrogen-bond acceptors (Lipinski definition) is 6. The van der Waals surface area contributed by atoms with Crippen LogP contribution in [0.15, 0.2) is 6.20 Å². The van der Waals surface area contributed by atoms with Crippen LogP contribution in [-0.2, 0) is 32.1 Å². The van der Waals surface area contributed by atoms with Crippen LogP contribution in [0.5, 0.6) is 0 Å². The second-order valence-corrected chi connectivity index (χ2v) is 3.84. The highest BCUT2D eigenvalue weighted by atomic mass is 16.6. The lowest BCUT2D eigenvalue weighted by molar-refractivity contribution is 0.000456. The summed E-state index contributed by atoms with van der Waals surface area (Å²) in [4.78, 5) is 0. The first-order valence-electron chi connectivity index (χ1n) is 6.48. The lowest BCUT2D eigenvalue weighted by Gasteiger charge is -2.05. The van der Waals surface area contributed by atoms with Crippen molar-refractivity contribution in [2.75, 3.05) is 46.8 Å². The van der Waals surface area contributed by atoms with E-state index in [1.54, 1.807) is 11.8 Å². The van der Waals surface area contributed by atoms with E-state index in [1.165, 1.54) is 0 Å². The molecule has 0 aromatic carbocycles. The molecule has 0 N–H and O–H groups in total. The van der Waals surface area contributed by atoms with Crippen LogP contribution in [0.4, 0.5) is 0 Å². The third-order valence-electron chi connectivity index (χ3n) is 2.34. The topological polar surface area (TPSA) is 67.6 Å². The van der Waals surface area contributed by atoms with Crippen LogP contribution in [0.1, 0.15) is 12.6 Å². The predicted molar refractivity (Wildman–Crippen MR) is 68.9 cm³/mol. The van der Waals surface area contributed by atoms with E-state index in [2.05, 4.69) is 10.3 Å². The zero-order valence-corrected chi connectivity index (χ0v) is 11.7. The first kappa shape index (κ1) is 16.0. The fraction of sp³-hybridized carbons (Fsp3) is 0.833. The zero-order valence-electron chi connectivity index (χ0n) is 11.7. The van der Waals surface area contributed by atoms with E-state index < -0.39 is 0 Å². The molecule has 1 rings (SSSR count). The summed E-state index contributed by atoms with van der Waals surface area (Å²) in [5, 5.41) is 7.91. The van der Waals surface area contributed by atoms with E-state index in [0.29, 0.717) is 46.2 Å². The summed E-state index contributed by atoms with van der Waals surface area (Å²) in [5.74, 6) is 0. The molecular formula is C12H23N3O4. The predicted octanol–water partition coefficient (Wildman–Crippen LogP) is 0.494. The summed E-state index contributed by atoms with van der Waals surface area (Å²) in [6, 6.07) is 0. The Morgan fingerprint density at radius 2 is 1.63 bits per heavy atom. The summed E-state index contributed by atoms with van der Waals surface area (Å²) >= 11 is 0. The van der Waals surface area contributed by atoms with Crippen molar-refractivity contribution in [3.05, 3.63) is 11.9 Å². The molecule has 0 unspecified atom stereocenters. The molecule has 0 bridgehead atoms. The molecular weight excluding hydrogens is 250 g/mol. The van der Waals surface area contributed by atoms with E-state index in [0.717, 1.165) is 12.2 Å². The lowest BCUT2D eigenvalue weighted by atomic mass is 10.5. The molecule has 0 atom stereocenters. The SMILES string of the molecule is CCn1cc(COCCOCCOCCOC)nn1. The molecule has 7 heteroatoms. The Morgan fingerprint density at radius 3 is 2.21 bits per heavy atom. The molecule has 0 saturated heterocycles. The molecule has 1 aromatic heterocycles. The van der Waals surface area contributed by atoms with E-state index >= 15 is 0 Å². The first-order valence-corrected chi connectivity index (χ1v) is 6.48. The number of aromatic nitrogens is 3. The molecule has 0 fully saturated rings. The van der Waals surface area contributed by atoms with Gasteiger partial charge in [0, 0.05) is 13.7 Å². The standard InChI is InChI=1S/C12H23N3O4/c1-3-15-10-12(13-14-15)11-19-9-8-18-7-6-17-5-4-16-2/h10H,3-9,11H2,1-2H3. The third-order valence-corrected chi connectivity index (χ3v) is 2.34. The van der Waals surface area contributed by atoms with Gasteiger partial charge in [-0.1, -0.05) is 5.21 Å². The second kappa shape index (κ2) is 10.9. The summed E-state index contributed by atoms with van der Waals surface area (Å²) < 4.78 is 22.6. The normalized spacial score (nSPS) is 11.1. The molecule has 0 saturated carbocycles. The van der Waals surface area contributed by atoms with Gasteiger partial charge in [-0.2, -0.15) is 0 Å². The molecule has 19 heavy (non-hydrogen) atoms. The third kappa shape index (κ3) is 7.89. The van der Waals surface area contributed by atoms with Gasteiger partial charge in [0.1, 0.15) is 5.69 Å². The zero-order chi connectivity index (χ0) is 13.8. The van der Waals surface area contributed by atoms with Crippen LogP contribution < -0.4 is 0 Å². The van der Waals surface area contributed by atoms with Crippen molar-refractivity contribution >= 4 is 0 Å². The molecule has 7 nitrogen and oxygen atoms in total. The molecule has 0 amide bonds. The van der Waals surface area contributed by atoms with Gasteiger partial charge >= 0.3 is 0 Å². The summed E-state index contributed by atoms with van der Waals surface area (Å²) in [7, 11) is 1.65. The average molecular weight is 273 g/mol. The Bertz CT molecular complexity index is 320. The highest BCUT2D eigenvalue weighted by Crippen LogP contribution is 1.95. The maximum atomic E-state index is 5.42. The molecule has 0 aliphatic carbocycles. The van der Waals surface area contributed by atoms with Gasteiger partial charge in [-0.25, -0.2) is 0 Å². The number of methoxy groups -OCH3 is 1. The van der Waals surface area contributed by atoms with Crippen molar-refractivity contribution in [3.63, 3.8) is 0 Å². The molecule has 1 aromatic rings. The van der Waals surface area contributed by atoms with Crippen LogP contribution >= 0.6 is 0 Å². The molecule has 0 aliphatic rings. The highest BCUT2D eigenvalue weighted by Gasteiger charge is 1.99. The van der Waals surface area contributed by atoms with Crippen molar-refractivity contribution in [2.24, 2.45) is 0 Å². The van der Waals surface area contributed by atoms with Crippen LogP contribution in [0.3, 0.4) is 0 Å². The largest absolute Gasteiger partial charge is 0.382 e. The van der Waals surface area contributed by atoms with Gasteiger partial charge in [0.2, 0.25) is 0 Å². The van der Waals surface area contributed by atoms with E-state index in [9.17, 15) is 0 Å². The Labute approximate surface area is 113 Å². The van der Waals surface area contributed by atoms with E-state index in [4.69, 9.17) is 18.9 Å². The lowest BCUT2D eigenvalue weighted by Crippen LogP contribution is -2.11. The van der Waals surface area contributed by atoms with E-state index in [-0.39, 0.29) is 0 Å². The van der Waals surface area contributed by atoms with Gasteiger partial charge in [0.25, 0.3) is 0 Å². The minimum absolute atomic E-state index is 0.466. The second-order valence-electron chi connectivity index (χ2n) is 3.84. The van der Waals surface area contributed by atoms with Crippen molar-refractivity contribution in [1.29, 1.82) is 0 Å². The maximum absolute atomic E-state index is 5.42. The Hall–Kier alpha value is -1.02. The molecule has 0 spiro atoms. The van der Waals surface area contributed by atoms with Crippen molar-refractivity contribution in [3.8, 4) is 0 Å². The van der Waals surface area contributed by atoms with Crippen molar-refractivity contribution in [1.82, 2.24) is 15.0 Å². The average Bonchev–Trinajstić information content (AvgIpc) is 2.89. The van der Waals surface area contributed by atoms with Gasteiger partial charge in [0.15, 0.2) is 0 Å². The van der Waals surface area contributed by atoms with E-state index in [1.807, 2.05) is 13.1 Å². The summed E-state index contributed by atoms with van der Waals surface area (Å²) in [6.45, 7) is 6.75. The first-order chi connectivity index (χ1) is 9.36. The van der Waals surface area contributed by atoms with Crippen molar-refractivity contribution < 1.29 is 18.9 Å². The summed E-state index contributed by atoms with van der Waals surface area (Å²) in [5.41, 5.74) is 0.838. The smallest absolute Gasteiger partial charge is 0.108 e. The number of rotatable bonds is 12. The van der Waals surface area contributed by atoms with Crippen LogP contribution in [0.2, 0.25) is 0 Å². The van der Waals surface area contributed by atoms with Gasteiger partial charge in [-0.05, 0) is 6.92 Å². The maximum Gasteiger partial charge on any atom is 0.108 e. The van der Waals surface area contributed by atoms with Gasteiger partial charge in [-0.15, -0.1) is 5.10 Å². The summed E-state index contributed by atoms with van der Waals surface area (Å²) in [6.07, 6.45) is 1.88. The van der Waals surface area contributed by atoms with Gasteiger partial charge in [-0.3, -0.25) is 4.68 Å². The fourth-order valence-electron chi connectivity index (χ4n) is 1.32. The molecule has 1 heterocycles. The highest BCUT2D eigenvalue weighted by molar-refractivity contribution is 4.89. The minimum Gasteiger partial charge on any atom is -0.382 e. The number of nitrogens with zero attached hydrogens (tertiary/aromatic N) is 3. The minimum atomic E-state index is 0.466. The Kier molecular flexibility index (Phi) is 9.17. The van der Waals surface area contributed by atoms with Gasteiger partial charge in [0.05, 0.1) is 52.4 Å². The van der Waals surface area contributed by atoms with Crippen LogP contribution in [0, 0.1) is 0 Å². The molecule has 0 aliphatic heterocycles. The molecule has 110 valence electrons. The van der Waals surface area contributed by atoms with Crippen LogP contribution in [0.25, 0.3) is 0 Å². The number of hydrogen-bond donors (Lipinski definition) is 0. The number of ether oxygens (including phenoxy) is 4. The number of aryl methyl sites for hydroxylation is 1. The Balaban J connectivity index is 1.86. The molecule has 0 radical (unpaired) electrons. The van der Waals surface area contributed by atoms with Crippen molar-refractivity contribution in [2.45, 2.75) is 20.1 Å². The Morgan fingerprint density at radius 1 is 1.00 bits per heavy atom. The fourth-order valence-corrected chi connectivity index (χ4v) is 1.32. The van der Waals surface area contributed by atoms with Gasteiger partial charge < -0.3 is 18.9 Å². The van der Waals surface area contributed by atoms with Crippen LogP contribution in [-0.4, -0.2) is 61.7 Å². The quantitative estimate of drug-likeness (QED) is 0.516.